The van der Waals surface area contributed by atoms with Gasteiger partial charge < -0.3 is 5.32 Å². The van der Waals surface area contributed by atoms with E-state index in [0.717, 1.165) is 40.9 Å². The molecule has 1 saturated heterocycles. The van der Waals surface area contributed by atoms with Crippen LogP contribution >= 0.6 is 0 Å². The zero-order chi connectivity index (χ0) is 23.9. The van der Waals surface area contributed by atoms with Crippen molar-refractivity contribution in [3.63, 3.8) is 0 Å². The van der Waals surface area contributed by atoms with Gasteiger partial charge >= 0.3 is 6.18 Å². The van der Waals surface area contributed by atoms with E-state index in [1.807, 2.05) is 0 Å². The number of halogens is 4. The van der Waals surface area contributed by atoms with Gasteiger partial charge in [-0.15, -0.1) is 0 Å². The highest BCUT2D eigenvalue weighted by molar-refractivity contribution is 7.89. The van der Waals surface area contributed by atoms with E-state index in [2.05, 4.69) is 5.32 Å². The lowest BCUT2D eigenvalue weighted by molar-refractivity contribution is -0.137. The van der Waals surface area contributed by atoms with Crippen LogP contribution in [0, 0.1) is 11.7 Å². The molecule has 0 radical (unpaired) electrons. The minimum atomic E-state index is -4.64. The molecule has 1 N–H and O–H groups in total. The van der Waals surface area contributed by atoms with Gasteiger partial charge in [0.25, 0.3) is 0 Å². The molecular formula is C23H24F4N2O3S. The highest BCUT2D eigenvalue weighted by Gasteiger charge is 2.45. The fourth-order valence-electron chi connectivity index (χ4n) is 4.26. The summed E-state index contributed by atoms with van der Waals surface area (Å²) in [6.45, 7) is 0.541. The lowest BCUT2D eigenvalue weighted by Crippen LogP contribution is -2.44. The van der Waals surface area contributed by atoms with Crippen LogP contribution in [0.4, 0.5) is 17.6 Å². The van der Waals surface area contributed by atoms with E-state index in [-0.39, 0.29) is 49.0 Å². The van der Waals surface area contributed by atoms with Crippen molar-refractivity contribution in [2.45, 2.75) is 42.2 Å². The van der Waals surface area contributed by atoms with Crippen molar-refractivity contribution >= 4 is 15.9 Å². The topological polar surface area (TPSA) is 66.5 Å². The lowest BCUT2D eigenvalue weighted by atomic mass is 9.94. The molecule has 1 aliphatic carbocycles. The van der Waals surface area contributed by atoms with Crippen molar-refractivity contribution in [1.82, 2.24) is 9.62 Å². The zero-order valence-corrected chi connectivity index (χ0v) is 18.6. The Balaban J connectivity index is 1.34. The number of benzene rings is 2. The molecule has 10 heteroatoms. The average Bonchev–Trinajstić information content (AvgIpc) is 3.58. The van der Waals surface area contributed by atoms with Crippen LogP contribution in [0.25, 0.3) is 0 Å². The molecular weight excluding hydrogens is 460 g/mol. The number of carbonyl (C=O) groups is 1. The molecule has 5 nitrogen and oxygen atoms in total. The van der Waals surface area contributed by atoms with Crippen LogP contribution in [0.3, 0.4) is 0 Å². The predicted molar refractivity (Wildman–Crippen MR) is 113 cm³/mol. The molecule has 2 aromatic rings. The van der Waals surface area contributed by atoms with E-state index in [1.165, 1.54) is 12.1 Å². The summed E-state index contributed by atoms with van der Waals surface area (Å²) in [5.41, 5.74) is -0.226. The first-order valence-electron chi connectivity index (χ1n) is 10.7. The van der Waals surface area contributed by atoms with Gasteiger partial charge in [0.15, 0.2) is 0 Å². The fourth-order valence-corrected chi connectivity index (χ4v) is 5.78. The van der Waals surface area contributed by atoms with Crippen LogP contribution in [-0.4, -0.2) is 38.3 Å². The van der Waals surface area contributed by atoms with Crippen molar-refractivity contribution in [2.24, 2.45) is 5.92 Å². The van der Waals surface area contributed by atoms with Crippen LogP contribution in [0.15, 0.2) is 53.4 Å². The summed E-state index contributed by atoms with van der Waals surface area (Å²) in [6, 6.07) is 9.94. The van der Waals surface area contributed by atoms with E-state index in [1.54, 1.807) is 12.1 Å². The smallest absolute Gasteiger partial charge is 0.355 e. The van der Waals surface area contributed by atoms with E-state index >= 15 is 0 Å². The number of alkyl halides is 3. The van der Waals surface area contributed by atoms with Crippen LogP contribution in [0.5, 0.6) is 0 Å². The van der Waals surface area contributed by atoms with E-state index in [9.17, 15) is 30.8 Å². The Morgan fingerprint density at radius 1 is 1.06 bits per heavy atom. The van der Waals surface area contributed by atoms with Gasteiger partial charge in [0.2, 0.25) is 15.9 Å². The molecule has 0 spiro atoms. The molecule has 2 aromatic carbocycles. The molecule has 0 aromatic heterocycles. The molecule has 1 aliphatic heterocycles. The minimum Gasteiger partial charge on any atom is -0.355 e. The average molecular weight is 485 g/mol. The Kier molecular flexibility index (Phi) is 6.26. The van der Waals surface area contributed by atoms with Crippen molar-refractivity contribution in [1.29, 1.82) is 0 Å². The SMILES string of the molecule is O=C(NCC1(c2ccc(F)cc2)CC1)C1CCN(S(=O)(=O)c2cccc(C(F)(F)F)c2)CC1. The molecule has 1 saturated carbocycles. The predicted octanol–water partition coefficient (Wildman–Crippen LogP) is 4.09. The molecule has 33 heavy (non-hydrogen) atoms. The largest absolute Gasteiger partial charge is 0.416 e. The van der Waals surface area contributed by atoms with E-state index in [4.69, 9.17) is 0 Å². The molecule has 178 valence electrons. The molecule has 2 aliphatic rings. The van der Waals surface area contributed by atoms with Gasteiger partial charge in [-0.05, 0) is 61.6 Å². The summed E-state index contributed by atoms with van der Waals surface area (Å²) >= 11 is 0. The first kappa shape index (κ1) is 23.7. The normalized spacial score (nSPS) is 19.3. The third-order valence-electron chi connectivity index (χ3n) is 6.54. The van der Waals surface area contributed by atoms with Crippen LogP contribution in [-0.2, 0) is 26.4 Å². The molecule has 1 amide bonds. The number of piperidine rings is 1. The summed E-state index contributed by atoms with van der Waals surface area (Å²) < 4.78 is 78.8. The van der Waals surface area contributed by atoms with Crippen molar-refractivity contribution in [3.8, 4) is 0 Å². The van der Waals surface area contributed by atoms with Crippen molar-refractivity contribution in [3.05, 3.63) is 65.5 Å². The number of nitrogens with zero attached hydrogens (tertiary/aromatic N) is 1. The van der Waals surface area contributed by atoms with Gasteiger partial charge in [0.05, 0.1) is 10.5 Å². The third kappa shape index (κ3) is 5.06. The number of carbonyl (C=O) groups excluding carboxylic acids is 1. The number of hydrogen-bond acceptors (Lipinski definition) is 3. The molecule has 2 fully saturated rings. The fraction of sp³-hybridized carbons (Fsp3) is 0.435. The Morgan fingerprint density at radius 2 is 1.70 bits per heavy atom. The number of amides is 1. The van der Waals surface area contributed by atoms with Crippen molar-refractivity contribution in [2.75, 3.05) is 19.6 Å². The van der Waals surface area contributed by atoms with E-state index < -0.39 is 26.7 Å². The Bertz CT molecular complexity index is 1120. The maximum atomic E-state index is 13.2. The Labute approximate surface area is 189 Å². The molecule has 0 atom stereocenters. The quantitative estimate of drug-likeness (QED) is 0.628. The maximum absolute atomic E-state index is 13.2. The Hall–Kier alpha value is -2.46. The number of nitrogens with one attached hydrogen (secondary N) is 1. The standard InChI is InChI=1S/C23H24F4N2O3S/c24-19-6-4-17(5-7-19)22(10-11-22)15-28-21(30)16-8-12-29(13-9-16)33(31,32)20-3-1-2-18(14-20)23(25,26)27/h1-7,14,16H,8-13,15H2,(H,28,30). The summed E-state index contributed by atoms with van der Waals surface area (Å²) in [6.07, 6.45) is -2.27. The first-order valence-corrected chi connectivity index (χ1v) is 12.2. The van der Waals surface area contributed by atoms with Crippen molar-refractivity contribution < 1.29 is 30.8 Å². The van der Waals surface area contributed by atoms with Gasteiger partial charge in [-0.3, -0.25) is 4.79 Å². The molecule has 1 heterocycles. The van der Waals surface area contributed by atoms with Gasteiger partial charge in [0, 0.05) is 31.0 Å². The molecule has 0 bridgehead atoms. The van der Waals surface area contributed by atoms with Crippen LogP contribution in [0.2, 0.25) is 0 Å². The number of rotatable bonds is 6. The summed E-state index contributed by atoms with van der Waals surface area (Å²) in [7, 11) is -4.09. The second-order valence-corrected chi connectivity index (χ2v) is 10.6. The summed E-state index contributed by atoms with van der Waals surface area (Å²) in [5, 5.41) is 2.95. The second-order valence-electron chi connectivity index (χ2n) is 8.71. The van der Waals surface area contributed by atoms with E-state index in [0.29, 0.717) is 12.6 Å². The zero-order valence-electron chi connectivity index (χ0n) is 17.7. The first-order chi connectivity index (χ1) is 15.5. The highest BCUT2D eigenvalue weighted by atomic mass is 32.2. The third-order valence-corrected chi connectivity index (χ3v) is 8.43. The van der Waals surface area contributed by atoms with Gasteiger partial charge in [0.1, 0.15) is 5.82 Å². The molecule has 4 rings (SSSR count). The lowest BCUT2D eigenvalue weighted by Gasteiger charge is -2.31. The minimum absolute atomic E-state index is 0.0553. The van der Waals surface area contributed by atoms with Gasteiger partial charge in [-0.2, -0.15) is 17.5 Å². The number of sulfonamides is 1. The van der Waals surface area contributed by atoms with Crippen LogP contribution < -0.4 is 5.32 Å². The summed E-state index contributed by atoms with van der Waals surface area (Å²) in [5.74, 6) is -0.855. The summed E-state index contributed by atoms with van der Waals surface area (Å²) in [4.78, 5) is 12.3. The second kappa shape index (κ2) is 8.72. The van der Waals surface area contributed by atoms with Gasteiger partial charge in [-0.1, -0.05) is 18.2 Å². The molecule has 0 unspecified atom stereocenters. The Morgan fingerprint density at radius 3 is 2.27 bits per heavy atom. The monoisotopic (exact) mass is 484 g/mol. The number of hydrogen-bond donors (Lipinski definition) is 1. The highest BCUT2D eigenvalue weighted by Crippen LogP contribution is 2.47. The van der Waals surface area contributed by atoms with Gasteiger partial charge in [-0.25, -0.2) is 12.8 Å². The maximum Gasteiger partial charge on any atom is 0.416 e. The van der Waals surface area contributed by atoms with Crippen LogP contribution in [0.1, 0.15) is 36.8 Å².